The van der Waals surface area contributed by atoms with Crippen molar-refractivity contribution in [2.75, 3.05) is 5.73 Å². The Balaban J connectivity index is 1.92. The van der Waals surface area contributed by atoms with E-state index in [1.807, 2.05) is 31.2 Å². The van der Waals surface area contributed by atoms with Gasteiger partial charge in [0, 0.05) is 28.3 Å². The fourth-order valence-electron chi connectivity index (χ4n) is 3.16. The molecule has 1 amide bonds. The maximum absolute atomic E-state index is 12.6. The van der Waals surface area contributed by atoms with Crippen LogP contribution in [0.4, 0.5) is 5.13 Å². The van der Waals surface area contributed by atoms with Crippen molar-refractivity contribution in [3.63, 3.8) is 0 Å². The van der Waals surface area contributed by atoms with E-state index >= 15 is 0 Å². The van der Waals surface area contributed by atoms with Gasteiger partial charge in [-0.25, -0.2) is 4.98 Å². The van der Waals surface area contributed by atoms with Crippen LogP contribution in [0.5, 0.6) is 0 Å². The minimum Gasteiger partial charge on any atom is -0.375 e. The molecule has 0 radical (unpaired) electrons. The molecule has 3 heterocycles. The average Bonchev–Trinajstić information content (AvgIpc) is 2.84. The molecule has 0 saturated heterocycles. The van der Waals surface area contributed by atoms with E-state index in [1.54, 1.807) is 0 Å². The van der Waals surface area contributed by atoms with Gasteiger partial charge in [0.25, 0.3) is 5.56 Å². The molecule has 3 aromatic rings. The zero-order valence-corrected chi connectivity index (χ0v) is 13.9. The van der Waals surface area contributed by atoms with E-state index < -0.39 is 0 Å². The molecule has 0 saturated carbocycles. The van der Waals surface area contributed by atoms with Crippen LogP contribution < -0.4 is 16.6 Å². The fourth-order valence-corrected chi connectivity index (χ4v) is 4.13. The number of nitrogens with one attached hydrogen (secondary N) is 2. The number of fused-ring (bicyclic) bond motifs is 2. The van der Waals surface area contributed by atoms with Crippen LogP contribution in [0.15, 0.2) is 29.1 Å². The van der Waals surface area contributed by atoms with E-state index in [9.17, 15) is 9.59 Å². The number of rotatable bonds is 1. The number of nitrogen functional groups attached to an aromatic ring is 1. The minimum absolute atomic E-state index is 0.0906. The molecule has 0 spiro atoms. The highest BCUT2D eigenvalue weighted by Crippen LogP contribution is 2.36. The van der Waals surface area contributed by atoms with Crippen molar-refractivity contribution in [1.29, 1.82) is 0 Å². The lowest BCUT2D eigenvalue weighted by Gasteiger charge is -2.13. The van der Waals surface area contributed by atoms with Crippen molar-refractivity contribution in [2.45, 2.75) is 25.8 Å². The Bertz CT molecular complexity index is 1020. The number of aromatic nitrogens is 2. The summed E-state index contributed by atoms with van der Waals surface area (Å²) in [5, 5.41) is 4.21. The molecular formula is C17H16N4O2S. The van der Waals surface area contributed by atoms with E-state index in [1.165, 1.54) is 11.3 Å². The second kappa shape index (κ2) is 5.45. The van der Waals surface area contributed by atoms with E-state index in [-0.39, 0.29) is 23.8 Å². The molecule has 1 atom stereocenters. The summed E-state index contributed by atoms with van der Waals surface area (Å²) < 4.78 is 0. The molecule has 2 aromatic heterocycles. The van der Waals surface area contributed by atoms with Gasteiger partial charge in [0.15, 0.2) is 5.13 Å². The summed E-state index contributed by atoms with van der Waals surface area (Å²) in [6.45, 7) is 2.33. The van der Waals surface area contributed by atoms with Crippen LogP contribution in [0, 0.1) is 6.92 Å². The van der Waals surface area contributed by atoms with Gasteiger partial charge >= 0.3 is 0 Å². The molecule has 4 rings (SSSR count). The Morgan fingerprint density at radius 1 is 1.29 bits per heavy atom. The number of hydrogen-bond acceptors (Lipinski definition) is 5. The van der Waals surface area contributed by atoms with Gasteiger partial charge in [-0.1, -0.05) is 12.1 Å². The van der Waals surface area contributed by atoms with Gasteiger partial charge in [0.2, 0.25) is 5.91 Å². The molecule has 4 N–H and O–H groups in total. The second-order valence-corrected chi connectivity index (χ2v) is 7.10. The summed E-state index contributed by atoms with van der Waals surface area (Å²) in [7, 11) is 0. The summed E-state index contributed by atoms with van der Waals surface area (Å²) in [6, 6.07) is 7.79. The summed E-state index contributed by atoms with van der Waals surface area (Å²) >= 11 is 1.35. The number of nitrogens with two attached hydrogens (primary N) is 1. The van der Waals surface area contributed by atoms with Crippen LogP contribution in [0.1, 0.15) is 34.0 Å². The van der Waals surface area contributed by atoms with Crippen LogP contribution in [0.3, 0.4) is 0 Å². The Morgan fingerprint density at radius 3 is 2.96 bits per heavy atom. The molecular weight excluding hydrogens is 324 g/mol. The lowest BCUT2D eigenvalue weighted by molar-refractivity contribution is -0.121. The van der Waals surface area contributed by atoms with Crippen LogP contribution in [-0.2, 0) is 11.3 Å². The zero-order chi connectivity index (χ0) is 16.8. The third kappa shape index (κ3) is 2.46. The van der Waals surface area contributed by atoms with Crippen LogP contribution >= 0.6 is 11.3 Å². The van der Waals surface area contributed by atoms with Crippen molar-refractivity contribution in [1.82, 2.24) is 15.3 Å². The monoisotopic (exact) mass is 340 g/mol. The molecule has 0 unspecified atom stereocenters. The number of benzene rings is 1. The first kappa shape index (κ1) is 14.9. The van der Waals surface area contributed by atoms with Crippen molar-refractivity contribution in [3.05, 3.63) is 56.3 Å². The highest BCUT2D eigenvalue weighted by molar-refractivity contribution is 7.15. The molecule has 0 bridgehead atoms. The van der Waals surface area contributed by atoms with Crippen LogP contribution in [0.25, 0.3) is 10.9 Å². The zero-order valence-electron chi connectivity index (χ0n) is 13.1. The first-order valence-corrected chi connectivity index (χ1v) is 8.48. The minimum atomic E-state index is -0.327. The number of hydrogen-bond donors (Lipinski definition) is 3. The topological polar surface area (TPSA) is 101 Å². The van der Waals surface area contributed by atoms with Gasteiger partial charge in [0.1, 0.15) is 0 Å². The summed E-state index contributed by atoms with van der Waals surface area (Å²) in [5.74, 6) is -0.418. The molecule has 6 nitrogen and oxygen atoms in total. The Hall–Kier alpha value is -2.67. The number of aryl methyl sites for hydroxylation is 1. The SMILES string of the molecule is Cc1ccc2cc([C@H]3CC(=O)NCc4nc(N)sc43)c(=O)[nH]c2c1. The molecule has 7 heteroatoms. The average molecular weight is 340 g/mol. The second-order valence-electron chi connectivity index (χ2n) is 6.04. The Kier molecular flexibility index (Phi) is 3.38. The van der Waals surface area contributed by atoms with Gasteiger partial charge < -0.3 is 16.0 Å². The first-order chi connectivity index (χ1) is 11.5. The smallest absolute Gasteiger partial charge is 0.252 e. The maximum Gasteiger partial charge on any atom is 0.252 e. The van der Waals surface area contributed by atoms with Crippen molar-refractivity contribution < 1.29 is 4.79 Å². The van der Waals surface area contributed by atoms with Gasteiger partial charge in [-0.05, 0) is 30.0 Å². The molecule has 0 aliphatic carbocycles. The molecule has 24 heavy (non-hydrogen) atoms. The summed E-state index contributed by atoms with van der Waals surface area (Å²) in [4.78, 5) is 32.8. The molecule has 1 aliphatic heterocycles. The van der Waals surface area contributed by atoms with E-state index in [4.69, 9.17) is 5.73 Å². The molecule has 0 fully saturated rings. The fraction of sp³-hybridized carbons (Fsp3) is 0.235. The Labute approximate surface area is 141 Å². The van der Waals surface area contributed by atoms with Crippen LogP contribution in [0.2, 0.25) is 0 Å². The number of aromatic amines is 1. The standard InChI is InChI=1S/C17H16N4O2S/c1-8-2-3-9-5-11(16(23)20-12(9)4-8)10-6-14(22)19-7-13-15(10)24-17(18)21-13/h2-5,10H,6-7H2,1H3,(H2,18,21)(H,19,22)(H,20,23)/t10-/m1/s1. The van der Waals surface area contributed by atoms with Crippen molar-refractivity contribution in [3.8, 4) is 0 Å². The first-order valence-electron chi connectivity index (χ1n) is 7.66. The van der Waals surface area contributed by atoms with E-state index in [2.05, 4.69) is 15.3 Å². The summed E-state index contributed by atoms with van der Waals surface area (Å²) in [6.07, 6.45) is 0.217. The van der Waals surface area contributed by atoms with Crippen molar-refractivity contribution in [2.24, 2.45) is 0 Å². The number of carbonyl (C=O) groups excluding carboxylic acids is 1. The number of thiazole rings is 1. The predicted octanol–water partition coefficient (Wildman–Crippen LogP) is 2.03. The number of nitrogens with zero attached hydrogens (tertiary/aromatic N) is 1. The maximum atomic E-state index is 12.6. The van der Waals surface area contributed by atoms with E-state index in [0.717, 1.165) is 27.0 Å². The Morgan fingerprint density at radius 2 is 2.12 bits per heavy atom. The highest BCUT2D eigenvalue weighted by Gasteiger charge is 2.29. The third-order valence-corrected chi connectivity index (χ3v) is 5.35. The lowest BCUT2D eigenvalue weighted by atomic mass is 9.93. The molecule has 1 aromatic carbocycles. The quantitative estimate of drug-likeness (QED) is 0.631. The van der Waals surface area contributed by atoms with E-state index in [0.29, 0.717) is 17.2 Å². The highest BCUT2D eigenvalue weighted by atomic mass is 32.1. The van der Waals surface area contributed by atoms with Crippen LogP contribution in [-0.4, -0.2) is 15.9 Å². The number of carbonyl (C=O) groups is 1. The van der Waals surface area contributed by atoms with Gasteiger partial charge in [-0.2, -0.15) is 0 Å². The number of amides is 1. The number of anilines is 1. The third-order valence-electron chi connectivity index (χ3n) is 4.31. The summed E-state index contributed by atoms with van der Waals surface area (Å²) in [5.41, 5.74) is 8.87. The largest absolute Gasteiger partial charge is 0.375 e. The van der Waals surface area contributed by atoms with Gasteiger partial charge in [0.05, 0.1) is 12.2 Å². The number of H-pyrrole nitrogens is 1. The van der Waals surface area contributed by atoms with Crippen molar-refractivity contribution >= 4 is 33.3 Å². The molecule has 1 aliphatic rings. The lowest BCUT2D eigenvalue weighted by Crippen LogP contribution is -2.23. The van der Waals surface area contributed by atoms with Gasteiger partial charge in [-0.15, -0.1) is 11.3 Å². The normalized spacial score (nSPS) is 17.4. The van der Waals surface area contributed by atoms with Gasteiger partial charge in [-0.3, -0.25) is 9.59 Å². The molecule has 122 valence electrons. The number of pyridine rings is 1. The predicted molar refractivity (Wildman–Crippen MR) is 94.1 cm³/mol.